The van der Waals surface area contributed by atoms with Gasteiger partial charge in [-0.3, -0.25) is 14.6 Å². The largest absolute Gasteiger partial charge is 0.396 e. The van der Waals surface area contributed by atoms with E-state index in [0.717, 1.165) is 38.5 Å². The predicted molar refractivity (Wildman–Crippen MR) is 96.5 cm³/mol. The van der Waals surface area contributed by atoms with Gasteiger partial charge in [-0.05, 0) is 76.5 Å². The van der Waals surface area contributed by atoms with Gasteiger partial charge in [0.1, 0.15) is 13.3 Å². The maximum atomic E-state index is 13.7. The van der Waals surface area contributed by atoms with Gasteiger partial charge in [-0.1, -0.05) is 0 Å². The SMILES string of the molecule is O=C(C(CF)N1CCC(CCO)CC1)C(CF)N1CCC(CCO)CC1. The Kier molecular flexibility index (Phi) is 9.39. The van der Waals surface area contributed by atoms with E-state index in [9.17, 15) is 13.6 Å². The Labute approximate surface area is 155 Å². The topological polar surface area (TPSA) is 64.0 Å². The summed E-state index contributed by atoms with van der Waals surface area (Å²) in [4.78, 5) is 16.6. The summed E-state index contributed by atoms with van der Waals surface area (Å²) >= 11 is 0. The zero-order valence-electron chi connectivity index (χ0n) is 15.7. The Morgan fingerprint density at radius 3 is 1.42 bits per heavy atom. The summed E-state index contributed by atoms with van der Waals surface area (Å²) in [5, 5.41) is 18.1. The molecule has 5 nitrogen and oxygen atoms in total. The van der Waals surface area contributed by atoms with Crippen LogP contribution in [0.15, 0.2) is 0 Å². The van der Waals surface area contributed by atoms with Crippen molar-refractivity contribution in [2.45, 2.75) is 50.6 Å². The number of halogens is 2. The van der Waals surface area contributed by atoms with Crippen molar-refractivity contribution in [2.75, 3.05) is 52.7 Å². The molecule has 7 heteroatoms. The second-order valence-electron chi connectivity index (χ2n) is 7.73. The van der Waals surface area contributed by atoms with E-state index in [4.69, 9.17) is 10.2 Å². The maximum Gasteiger partial charge on any atom is 0.172 e. The molecule has 0 bridgehead atoms. The van der Waals surface area contributed by atoms with Crippen LogP contribution in [0.4, 0.5) is 8.78 Å². The fourth-order valence-corrected chi connectivity index (χ4v) is 4.40. The molecule has 2 aliphatic heterocycles. The number of nitrogens with zero attached hydrogens (tertiary/aromatic N) is 2. The number of piperidine rings is 2. The summed E-state index contributed by atoms with van der Waals surface area (Å²) in [5.74, 6) is 0.513. The lowest BCUT2D eigenvalue weighted by Gasteiger charge is -2.40. The van der Waals surface area contributed by atoms with Crippen LogP contribution in [0.2, 0.25) is 0 Å². The quantitative estimate of drug-likeness (QED) is 0.604. The number of hydrogen-bond donors (Lipinski definition) is 2. The second kappa shape index (κ2) is 11.3. The highest BCUT2D eigenvalue weighted by atomic mass is 19.1. The number of likely N-dealkylation sites (tertiary alicyclic amines) is 2. The van der Waals surface area contributed by atoms with E-state index in [1.54, 1.807) is 0 Å². The molecule has 0 aromatic heterocycles. The first-order valence-electron chi connectivity index (χ1n) is 10.00. The van der Waals surface area contributed by atoms with Crippen LogP contribution in [-0.2, 0) is 4.79 Å². The highest BCUT2D eigenvalue weighted by molar-refractivity contribution is 5.89. The number of carbonyl (C=O) groups excluding carboxylic acids is 1. The molecular formula is C19H34F2N2O3. The van der Waals surface area contributed by atoms with Gasteiger partial charge in [0.2, 0.25) is 0 Å². The molecule has 26 heavy (non-hydrogen) atoms. The molecular weight excluding hydrogens is 342 g/mol. The van der Waals surface area contributed by atoms with Crippen LogP contribution in [0.3, 0.4) is 0 Å². The smallest absolute Gasteiger partial charge is 0.172 e. The molecule has 2 saturated heterocycles. The van der Waals surface area contributed by atoms with Gasteiger partial charge in [-0.25, -0.2) is 8.78 Å². The van der Waals surface area contributed by atoms with Crippen LogP contribution in [-0.4, -0.2) is 90.6 Å². The number of alkyl halides is 2. The van der Waals surface area contributed by atoms with Crippen LogP contribution >= 0.6 is 0 Å². The number of Topliss-reactive ketones (excluding diaryl/α,β-unsaturated/α-hetero) is 1. The molecule has 2 atom stereocenters. The average molecular weight is 376 g/mol. The molecule has 2 heterocycles. The molecule has 2 N–H and O–H groups in total. The first kappa shape index (κ1) is 21.7. The van der Waals surface area contributed by atoms with E-state index >= 15 is 0 Å². The lowest BCUT2D eigenvalue weighted by molar-refractivity contribution is -0.132. The van der Waals surface area contributed by atoms with Crippen molar-refractivity contribution < 1.29 is 23.8 Å². The van der Waals surface area contributed by atoms with E-state index in [1.807, 2.05) is 9.80 Å². The van der Waals surface area contributed by atoms with Crippen molar-refractivity contribution >= 4 is 5.78 Å². The van der Waals surface area contributed by atoms with Gasteiger partial charge in [-0.2, -0.15) is 0 Å². The van der Waals surface area contributed by atoms with Gasteiger partial charge in [0.15, 0.2) is 5.78 Å². The predicted octanol–water partition coefficient (Wildman–Crippen LogP) is 1.42. The highest BCUT2D eigenvalue weighted by Gasteiger charge is 2.37. The lowest BCUT2D eigenvalue weighted by atomic mass is 9.90. The third-order valence-electron chi connectivity index (χ3n) is 6.20. The van der Waals surface area contributed by atoms with Crippen LogP contribution < -0.4 is 0 Å². The normalized spacial score (nSPS) is 23.8. The Hall–Kier alpha value is -0.630. The number of carbonyl (C=O) groups is 1. The Morgan fingerprint density at radius 2 is 1.15 bits per heavy atom. The van der Waals surface area contributed by atoms with E-state index in [1.165, 1.54) is 0 Å². The van der Waals surface area contributed by atoms with Crippen molar-refractivity contribution in [2.24, 2.45) is 11.8 Å². The second-order valence-corrected chi connectivity index (χ2v) is 7.73. The van der Waals surface area contributed by atoms with Gasteiger partial charge < -0.3 is 10.2 Å². The molecule has 0 spiro atoms. The molecule has 2 unspecified atom stereocenters. The van der Waals surface area contributed by atoms with Crippen LogP contribution in [0, 0.1) is 11.8 Å². The molecule has 2 aliphatic rings. The molecule has 2 rings (SSSR count). The zero-order chi connectivity index (χ0) is 18.9. The monoisotopic (exact) mass is 376 g/mol. The van der Waals surface area contributed by atoms with Gasteiger partial charge in [0, 0.05) is 13.2 Å². The standard InChI is InChI=1S/C19H34F2N2O3/c20-13-17(22-7-1-15(2-8-22)5-11-24)19(26)18(14-21)23-9-3-16(4-10-23)6-12-25/h15-18,24-25H,1-14H2. The summed E-state index contributed by atoms with van der Waals surface area (Å²) in [6.45, 7) is 1.27. The fraction of sp³-hybridized carbons (Fsp3) is 0.947. The van der Waals surface area contributed by atoms with Crippen LogP contribution in [0.25, 0.3) is 0 Å². The van der Waals surface area contributed by atoms with E-state index in [0.29, 0.717) is 38.0 Å². The van der Waals surface area contributed by atoms with Crippen molar-refractivity contribution in [3.63, 3.8) is 0 Å². The van der Waals surface area contributed by atoms with Gasteiger partial charge in [0.25, 0.3) is 0 Å². The summed E-state index contributed by atoms with van der Waals surface area (Å²) in [7, 11) is 0. The number of aliphatic hydroxyl groups is 2. The summed E-state index contributed by atoms with van der Waals surface area (Å²) < 4.78 is 27.4. The first-order chi connectivity index (χ1) is 12.6. The molecule has 0 amide bonds. The fourth-order valence-electron chi connectivity index (χ4n) is 4.40. The molecule has 152 valence electrons. The molecule has 2 fully saturated rings. The van der Waals surface area contributed by atoms with E-state index in [-0.39, 0.29) is 19.0 Å². The summed E-state index contributed by atoms with van der Waals surface area (Å²) in [6, 6.07) is -1.72. The van der Waals surface area contributed by atoms with Crippen molar-refractivity contribution in [3.8, 4) is 0 Å². The van der Waals surface area contributed by atoms with Gasteiger partial charge in [-0.15, -0.1) is 0 Å². The molecule has 0 aromatic rings. The van der Waals surface area contributed by atoms with Gasteiger partial charge in [0.05, 0.1) is 12.1 Å². The van der Waals surface area contributed by atoms with E-state index in [2.05, 4.69) is 0 Å². The Balaban J connectivity index is 1.91. The number of hydrogen-bond acceptors (Lipinski definition) is 5. The van der Waals surface area contributed by atoms with Crippen LogP contribution in [0.5, 0.6) is 0 Å². The molecule has 0 saturated carbocycles. The third-order valence-corrected chi connectivity index (χ3v) is 6.20. The minimum Gasteiger partial charge on any atom is -0.396 e. The van der Waals surface area contributed by atoms with Crippen molar-refractivity contribution in [1.82, 2.24) is 9.80 Å². The Morgan fingerprint density at radius 1 is 0.808 bits per heavy atom. The summed E-state index contributed by atoms with van der Waals surface area (Å²) in [5.41, 5.74) is 0. The van der Waals surface area contributed by atoms with E-state index < -0.39 is 25.4 Å². The highest BCUT2D eigenvalue weighted by Crippen LogP contribution is 2.25. The molecule has 0 radical (unpaired) electrons. The van der Waals surface area contributed by atoms with Crippen molar-refractivity contribution in [1.29, 1.82) is 0 Å². The number of ketones is 1. The third kappa shape index (κ3) is 5.68. The summed E-state index contributed by atoms with van der Waals surface area (Å²) in [6.07, 6.45) is 4.87. The zero-order valence-corrected chi connectivity index (χ0v) is 15.7. The molecule has 0 aliphatic carbocycles. The first-order valence-corrected chi connectivity index (χ1v) is 10.00. The average Bonchev–Trinajstić information content (AvgIpc) is 2.66. The maximum absolute atomic E-state index is 13.7. The van der Waals surface area contributed by atoms with Crippen LogP contribution in [0.1, 0.15) is 38.5 Å². The minimum absolute atomic E-state index is 0.159. The number of rotatable bonds is 10. The van der Waals surface area contributed by atoms with Gasteiger partial charge >= 0.3 is 0 Å². The lowest BCUT2D eigenvalue weighted by Crippen LogP contribution is -2.56. The Bertz CT molecular complexity index is 376. The minimum atomic E-state index is -0.860. The van der Waals surface area contributed by atoms with Crippen molar-refractivity contribution in [3.05, 3.63) is 0 Å². The number of aliphatic hydroxyl groups excluding tert-OH is 2. The molecule has 0 aromatic carbocycles.